The highest BCUT2D eigenvalue weighted by Crippen LogP contribution is 2.29. The summed E-state index contributed by atoms with van der Waals surface area (Å²) in [6.07, 6.45) is 6.22. The van der Waals surface area contributed by atoms with Crippen molar-refractivity contribution in [2.45, 2.75) is 39.5 Å². The van der Waals surface area contributed by atoms with E-state index in [4.69, 9.17) is 19.7 Å². The summed E-state index contributed by atoms with van der Waals surface area (Å²) in [6.45, 7) is 3.29. The number of carboxylic acid groups (broad SMARTS) is 1. The first-order valence-electron chi connectivity index (χ1n) is 12.8. The van der Waals surface area contributed by atoms with Crippen molar-refractivity contribution in [3.63, 3.8) is 0 Å². The molecule has 1 aliphatic carbocycles. The first kappa shape index (κ1) is 29.3. The topological polar surface area (TPSA) is 135 Å². The summed E-state index contributed by atoms with van der Waals surface area (Å²) in [5, 5.41) is 20.8. The first-order chi connectivity index (χ1) is 18.7. The van der Waals surface area contributed by atoms with Gasteiger partial charge in [-0.2, -0.15) is 0 Å². The van der Waals surface area contributed by atoms with Gasteiger partial charge in [-0.05, 0) is 48.2 Å². The fraction of sp³-hybridized carbons (Fsp3) is 0.333. The zero-order valence-electron chi connectivity index (χ0n) is 22.4. The van der Waals surface area contributed by atoms with Gasteiger partial charge in [0.25, 0.3) is 5.91 Å². The number of pyridine rings is 1. The van der Waals surface area contributed by atoms with Crippen LogP contribution in [0.4, 0.5) is 0 Å². The molecule has 3 N–H and O–H groups in total. The SMILES string of the molecule is C1CC1.COc1cc(-c2ccc(C(=O)Oc3cccc(CC(C)C(=O)O)c3)c(C)c2)c(C(=O)NCCO)cn1. The summed E-state index contributed by atoms with van der Waals surface area (Å²) in [5.74, 6) is -1.77. The Balaban J connectivity index is 0.00000131. The van der Waals surface area contributed by atoms with E-state index in [1.165, 1.54) is 32.6 Å². The van der Waals surface area contributed by atoms with Gasteiger partial charge in [0, 0.05) is 24.4 Å². The van der Waals surface area contributed by atoms with E-state index >= 15 is 0 Å². The minimum Gasteiger partial charge on any atom is -0.481 e. The van der Waals surface area contributed by atoms with Gasteiger partial charge >= 0.3 is 11.9 Å². The number of rotatable bonds is 10. The van der Waals surface area contributed by atoms with Crippen LogP contribution in [0.2, 0.25) is 0 Å². The summed E-state index contributed by atoms with van der Waals surface area (Å²) in [7, 11) is 1.47. The number of aryl methyl sites for hydroxylation is 1. The van der Waals surface area contributed by atoms with E-state index in [-0.39, 0.29) is 13.2 Å². The number of aromatic nitrogens is 1. The highest BCUT2D eigenvalue weighted by molar-refractivity contribution is 6.01. The molecular weight excluding hydrogens is 500 g/mol. The molecule has 0 bridgehead atoms. The number of nitrogens with one attached hydrogen (secondary N) is 1. The Morgan fingerprint density at radius 3 is 2.41 bits per heavy atom. The van der Waals surface area contributed by atoms with Crippen LogP contribution in [-0.2, 0) is 11.2 Å². The number of nitrogens with zero attached hydrogens (tertiary/aromatic N) is 1. The summed E-state index contributed by atoms with van der Waals surface area (Å²) < 4.78 is 10.8. The Bertz CT molecular complexity index is 1320. The maximum absolute atomic E-state index is 12.9. The van der Waals surface area contributed by atoms with Crippen molar-refractivity contribution in [3.05, 3.63) is 77.0 Å². The summed E-state index contributed by atoms with van der Waals surface area (Å²) in [6, 6.07) is 13.5. The molecule has 0 radical (unpaired) electrons. The lowest BCUT2D eigenvalue weighted by molar-refractivity contribution is -0.141. The number of benzene rings is 2. The highest BCUT2D eigenvalue weighted by Gasteiger charge is 2.18. The Kier molecular flexibility index (Phi) is 10.6. The second-order valence-corrected chi connectivity index (χ2v) is 9.32. The predicted molar refractivity (Wildman–Crippen MR) is 146 cm³/mol. The van der Waals surface area contributed by atoms with Crippen molar-refractivity contribution < 1.29 is 34.1 Å². The molecule has 4 rings (SSSR count). The van der Waals surface area contributed by atoms with Crippen LogP contribution in [0.25, 0.3) is 11.1 Å². The number of aliphatic hydroxyl groups is 1. The second kappa shape index (κ2) is 14.1. The van der Waals surface area contributed by atoms with E-state index in [1.807, 2.05) is 0 Å². The number of esters is 1. The summed E-state index contributed by atoms with van der Waals surface area (Å²) in [4.78, 5) is 40.7. The van der Waals surface area contributed by atoms with E-state index in [0.29, 0.717) is 45.9 Å². The molecule has 1 atom stereocenters. The van der Waals surface area contributed by atoms with Gasteiger partial charge in [0.15, 0.2) is 0 Å². The largest absolute Gasteiger partial charge is 0.481 e. The number of aliphatic hydroxyl groups excluding tert-OH is 1. The number of amides is 1. The molecule has 1 heterocycles. The molecule has 1 unspecified atom stereocenters. The van der Waals surface area contributed by atoms with Crippen molar-refractivity contribution in [1.82, 2.24) is 10.3 Å². The molecule has 1 amide bonds. The van der Waals surface area contributed by atoms with Crippen LogP contribution in [-0.4, -0.2) is 53.3 Å². The van der Waals surface area contributed by atoms with Gasteiger partial charge < -0.3 is 25.0 Å². The van der Waals surface area contributed by atoms with Gasteiger partial charge in [-0.15, -0.1) is 0 Å². The normalized spacial score (nSPS) is 12.4. The second-order valence-electron chi connectivity index (χ2n) is 9.32. The van der Waals surface area contributed by atoms with Crippen LogP contribution >= 0.6 is 0 Å². The van der Waals surface area contributed by atoms with Gasteiger partial charge in [0.1, 0.15) is 5.75 Å². The zero-order valence-corrected chi connectivity index (χ0v) is 22.4. The molecule has 0 saturated heterocycles. The van der Waals surface area contributed by atoms with Gasteiger partial charge in [-0.3, -0.25) is 9.59 Å². The van der Waals surface area contributed by atoms with Crippen LogP contribution < -0.4 is 14.8 Å². The Morgan fingerprint density at radius 2 is 1.79 bits per heavy atom. The Morgan fingerprint density at radius 1 is 1.05 bits per heavy atom. The molecule has 1 aliphatic rings. The van der Waals surface area contributed by atoms with Crippen molar-refractivity contribution >= 4 is 17.8 Å². The maximum Gasteiger partial charge on any atom is 0.343 e. The lowest BCUT2D eigenvalue weighted by Gasteiger charge is -2.13. The minimum absolute atomic E-state index is 0.102. The number of carbonyl (C=O) groups is 3. The number of methoxy groups -OCH3 is 1. The van der Waals surface area contributed by atoms with Gasteiger partial charge in [-0.25, -0.2) is 9.78 Å². The zero-order chi connectivity index (χ0) is 28.4. The van der Waals surface area contributed by atoms with Crippen LogP contribution in [0.3, 0.4) is 0 Å². The number of ether oxygens (including phenoxy) is 2. The summed E-state index contributed by atoms with van der Waals surface area (Å²) >= 11 is 0. The average Bonchev–Trinajstić information content (AvgIpc) is 3.81. The smallest absolute Gasteiger partial charge is 0.343 e. The van der Waals surface area contributed by atoms with Crippen LogP contribution in [0.15, 0.2) is 54.7 Å². The monoisotopic (exact) mass is 534 g/mol. The number of hydrogen-bond donors (Lipinski definition) is 3. The molecule has 1 aromatic heterocycles. The molecule has 1 saturated carbocycles. The van der Waals surface area contributed by atoms with E-state index in [2.05, 4.69) is 10.3 Å². The van der Waals surface area contributed by atoms with Gasteiger partial charge in [0.05, 0.1) is 30.8 Å². The molecule has 0 spiro atoms. The predicted octanol–water partition coefficient (Wildman–Crippen LogP) is 4.44. The molecule has 9 nitrogen and oxygen atoms in total. The number of carbonyl (C=O) groups excluding carboxylic acids is 2. The lowest BCUT2D eigenvalue weighted by atomic mass is 9.97. The first-order valence-corrected chi connectivity index (χ1v) is 12.8. The highest BCUT2D eigenvalue weighted by atomic mass is 16.5. The Labute approximate surface area is 227 Å². The lowest BCUT2D eigenvalue weighted by Crippen LogP contribution is -2.27. The third kappa shape index (κ3) is 8.65. The van der Waals surface area contributed by atoms with Crippen molar-refractivity contribution in [2.24, 2.45) is 5.92 Å². The minimum atomic E-state index is -0.894. The molecule has 1 fully saturated rings. The quantitative estimate of drug-likeness (QED) is 0.257. The van der Waals surface area contributed by atoms with E-state index < -0.39 is 23.8 Å². The van der Waals surface area contributed by atoms with E-state index in [1.54, 1.807) is 62.4 Å². The number of hydrogen-bond acceptors (Lipinski definition) is 7. The van der Waals surface area contributed by atoms with Crippen molar-refractivity contribution in [2.75, 3.05) is 20.3 Å². The van der Waals surface area contributed by atoms with Gasteiger partial charge in [-0.1, -0.05) is 50.5 Å². The van der Waals surface area contributed by atoms with Crippen LogP contribution in [0.1, 0.15) is 58.0 Å². The molecule has 39 heavy (non-hydrogen) atoms. The molecule has 3 aromatic rings. The summed E-state index contributed by atoms with van der Waals surface area (Å²) in [5.41, 5.74) is 3.25. The fourth-order valence-electron chi connectivity index (χ4n) is 3.63. The van der Waals surface area contributed by atoms with Crippen LogP contribution in [0, 0.1) is 12.8 Å². The third-order valence-electron chi connectivity index (χ3n) is 5.91. The molecule has 2 aromatic carbocycles. The average molecular weight is 535 g/mol. The standard InChI is InChI=1S/C27H28N2O7.C3H6/c1-16-12-19(22-14-24(35-3)29-15-23(22)25(31)28-9-10-30)7-8-21(16)27(34)36-20-6-4-5-18(13-20)11-17(2)26(32)33;1-2-3-1/h4-8,12-15,17,30H,9-11H2,1-3H3,(H,28,31)(H,32,33);1-3H2. The molecule has 9 heteroatoms. The third-order valence-corrected chi connectivity index (χ3v) is 5.91. The maximum atomic E-state index is 12.9. The van der Waals surface area contributed by atoms with Crippen LogP contribution in [0.5, 0.6) is 11.6 Å². The van der Waals surface area contributed by atoms with Crippen molar-refractivity contribution in [1.29, 1.82) is 0 Å². The molecule has 0 aliphatic heterocycles. The Hall–Kier alpha value is -4.24. The molecule has 206 valence electrons. The van der Waals surface area contributed by atoms with Gasteiger partial charge in [0.2, 0.25) is 5.88 Å². The fourth-order valence-corrected chi connectivity index (χ4v) is 3.63. The number of carboxylic acids is 1. The van der Waals surface area contributed by atoms with E-state index in [9.17, 15) is 14.4 Å². The molecular formula is C30H34N2O7. The van der Waals surface area contributed by atoms with Crippen molar-refractivity contribution in [3.8, 4) is 22.8 Å². The number of aliphatic carboxylic acids is 1. The van der Waals surface area contributed by atoms with E-state index in [0.717, 1.165) is 5.56 Å².